The number of alkyl halides is 1. The van der Waals surface area contributed by atoms with Gasteiger partial charge >= 0.3 is 0 Å². The van der Waals surface area contributed by atoms with Gasteiger partial charge in [0.1, 0.15) is 12.4 Å². The SMILES string of the molecule is BrCc1ccc2c(c1)OCc1ccc(C3COC3)cc1-2. The third-order valence-electron chi connectivity index (χ3n) is 4.12. The first-order valence-corrected chi connectivity index (χ1v) is 8.00. The Balaban J connectivity index is 1.80. The van der Waals surface area contributed by atoms with Gasteiger partial charge in [-0.2, -0.15) is 0 Å². The standard InChI is InChI=1S/C17H15BrO2/c18-7-11-1-4-15-16-6-12(14-8-19-9-14)2-3-13(16)10-20-17(15)5-11/h1-6,14H,7-10H2. The van der Waals surface area contributed by atoms with Crippen LogP contribution in [0.3, 0.4) is 0 Å². The molecule has 0 saturated carbocycles. The summed E-state index contributed by atoms with van der Waals surface area (Å²) < 4.78 is 11.2. The Bertz CT molecular complexity index is 662. The molecule has 2 aliphatic heterocycles. The molecule has 1 fully saturated rings. The number of ether oxygens (including phenoxy) is 2. The fraction of sp³-hybridized carbons (Fsp3) is 0.294. The number of halogens is 1. The first kappa shape index (κ1) is 12.4. The average Bonchev–Trinajstić information content (AvgIpc) is 2.44. The maximum atomic E-state index is 5.89. The van der Waals surface area contributed by atoms with Gasteiger partial charge in [-0.1, -0.05) is 46.3 Å². The van der Waals surface area contributed by atoms with E-state index in [0.29, 0.717) is 12.5 Å². The second kappa shape index (κ2) is 4.90. The second-order valence-electron chi connectivity index (χ2n) is 5.40. The molecule has 2 nitrogen and oxygen atoms in total. The van der Waals surface area contributed by atoms with Crippen LogP contribution in [-0.4, -0.2) is 13.2 Å². The number of hydrogen-bond donors (Lipinski definition) is 0. The summed E-state index contributed by atoms with van der Waals surface area (Å²) in [4.78, 5) is 0. The summed E-state index contributed by atoms with van der Waals surface area (Å²) in [5, 5.41) is 0.857. The molecule has 0 unspecified atom stereocenters. The third kappa shape index (κ3) is 1.97. The first-order chi connectivity index (χ1) is 9.85. The molecular formula is C17H15BrO2. The fourth-order valence-corrected chi connectivity index (χ4v) is 3.15. The van der Waals surface area contributed by atoms with Crippen molar-refractivity contribution in [1.29, 1.82) is 0 Å². The van der Waals surface area contributed by atoms with E-state index in [1.165, 1.54) is 27.8 Å². The lowest BCUT2D eigenvalue weighted by atomic mass is 9.89. The van der Waals surface area contributed by atoms with Crippen molar-refractivity contribution < 1.29 is 9.47 Å². The Morgan fingerprint density at radius 3 is 2.70 bits per heavy atom. The summed E-state index contributed by atoms with van der Waals surface area (Å²) in [6, 6.07) is 13.2. The van der Waals surface area contributed by atoms with Crippen LogP contribution in [0, 0.1) is 0 Å². The van der Waals surface area contributed by atoms with Crippen molar-refractivity contribution in [3.63, 3.8) is 0 Å². The first-order valence-electron chi connectivity index (χ1n) is 6.88. The van der Waals surface area contributed by atoms with Gasteiger partial charge in [-0.25, -0.2) is 0 Å². The number of fused-ring (bicyclic) bond motifs is 3. The van der Waals surface area contributed by atoms with Gasteiger partial charge in [-0.05, 0) is 28.3 Å². The topological polar surface area (TPSA) is 18.5 Å². The number of rotatable bonds is 2. The van der Waals surface area contributed by atoms with Gasteiger partial charge in [0.2, 0.25) is 0 Å². The molecule has 0 spiro atoms. The molecule has 0 radical (unpaired) electrons. The Kier molecular flexibility index (Phi) is 3.04. The highest BCUT2D eigenvalue weighted by atomic mass is 79.9. The van der Waals surface area contributed by atoms with Gasteiger partial charge < -0.3 is 9.47 Å². The van der Waals surface area contributed by atoms with E-state index in [9.17, 15) is 0 Å². The second-order valence-corrected chi connectivity index (χ2v) is 5.96. The zero-order valence-electron chi connectivity index (χ0n) is 11.1. The number of benzene rings is 2. The van der Waals surface area contributed by atoms with E-state index in [1.807, 2.05) is 0 Å². The molecule has 2 aromatic carbocycles. The molecule has 0 atom stereocenters. The van der Waals surface area contributed by atoms with E-state index in [-0.39, 0.29) is 0 Å². The molecule has 0 amide bonds. The Hall–Kier alpha value is -1.32. The smallest absolute Gasteiger partial charge is 0.127 e. The Morgan fingerprint density at radius 2 is 1.95 bits per heavy atom. The molecule has 0 N–H and O–H groups in total. The van der Waals surface area contributed by atoms with Crippen LogP contribution in [0.4, 0.5) is 0 Å². The molecular weight excluding hydrogens is 316 g/mol. The van der Waals surface area contributed by atoms with E-state index in [1.54, 1.807) is 0 Å². The minimum Gasteiger partial charge on any atom is -0.488 e. The summed E-state index contributed by atoms with van der Waals surface area (Å²) in [6.45, 7) is 2.37. The quantitative estimate of drug-likeness (QED) is 0.766. The molecule has 102 valence electrons. The molecule has 0 bridgehead atoms. The minimum atomic E-state index is 0.563. The predicted octanol–water partition coefficient (Wildman–Crippen LogP) is 4.25. The molecule has 20 heavy (non-hydrogen) atoms. The molecule has 2 aliphatic rings. The van der Waals surface area contributed by atoms with E-state index < -0.39 is 0 Å². The average molecular weight is 331 g/mol. The van der Waals surface area contributed by atoms with E-state index in [4.69, 9.17) is 9.47 Å². The normalized spacial score (nSPS) is 16.9. The van der Waals surface area contributed by atoms with Crippen molar-refractivity contribution in [2.24, 2.45) is 0 Å². The van der Waals surface area contributed by atoms with E-state index in [2.05, 4.69) is 52.3 Å². The summed E-state index contributed by atoms with van der Waals surface area (Å²) in [5.74, 6) is 1.56. The maximum absolute atomic E-state index is 5.89. The Morgan fingerprint density at radius 1 is 1.05 bits per heavy atom. The molecule has 2 heterocycles. The summed E-state index contributed by atoms with van der Waals surface area (Å²) >= 11 is 3.50. The molecule has 2 aromatic rings. The summed E-state index contributed by atoms with van der Waals surface area (Å²) in [7, 11) is 0. The van der Waals surface area contributed by atoms with Crippen LogP contribution in [0.5, 0.6) is 5.75 Å². The van der Waals surface area contributed by atoms with Crippen molar-refractivity contribution in [3.8, 4) is 16.9 Å². The molecule has 0 aliphatic carbocycles. The van der Waals surface area contributed by atoms with Crippen LogP contribution >= 0.6 is 15.9 Å². The van der Waals surface area contributed by atoms with Crippen molar-refractivity contribution >= 4 is 15.9 Å². The fourth-order valence-electron chi connectivity index (χ4n) is 2.80. The van der Waals surface area contributed by atoms with E-state index in [0.717, 1.165) is 24.3 Å². The maximum Gasteiger partial charge on any atom is 0.127 e. The monoisotopic (exact) mass is 330 g/mol. The molecule has 3 heteroatoms. The van der Waals surface area contributed by atoms with Crippen LogP contribution in [0.15, 0.2) is 36.4 Å². The summed E-state index contributed by atoms with van der Waals surface area (Å²) in [6.07, 6.45) is 0. The van der Waals surface area contributed by atoms with Crippen LogP contribution in [0.25, 0.3) is 11.1 Å². The van der Waals surface area contributed by atoms with Crippen LogP contribution in [0.2, 0.25) is 0 Å². The lowest BCUT2D eigenvalue weighted by Gasteiger charge is -2.28. The zero-order valence-corrected chi connectivity index (χ0v) is 12.7. The zero-order chi connectivity index (χ0) is 13.5. The molecule has 1 saturated heterocycles. The molecule has 4 rings (SSSR count). The van der Waals surface area contributed by atoms with Gasteiger partial charge in [0, 0.05) is 16.8 Å². The largest absolute Gasteiger partial charge is 0.488 e. The highest BCUT2D eigenvalue weighted by Crippen LogP contribution is 2.40. The van der Waals surface area contributed by atoms with Gasteiger partial charge in [0.15, 0.2) is 0 Å². The van der Waals surface area contributed by atoms with Crippen LogP contribution < -0.4 is 4.74 Å². The van der Waals surface area contributed by atoms with Crippen LogP contribution in [0.1, 0.15) is 22.6 Å². The molecule has 0 aromatic heterocycles. The third-order valence-corrected chi connectivity index (χ3v) is 4.76. The van der Waals surface area contributed by atoms with Gasteiger partial charge in [-0.15, -0.1) is 0 Å². The van der Waals surface area contributed by atoms with Crippen molar-refractivity contribution in [2.75, 3.05) is 13.2 Å². The van der Waals surface area contributed by atoms with Crippen molar-refractivity contribution in [2.45, 2.75) is 17.9 Å². The van der Waals surface area contributed by atoms with Gasteiger partial charge in [0.25, 0.3) is 0 Å². The minimum absolute atomic E-state index is 0.563. The lowest BCUT2D eigenvalue weighted by molar-refractivity contribution is 0.00842. The van der Waals surface area contributed by atoms with Gasteiger partial charge in [-0.3, -0.25) is 0 Å². The van der Waals surface area contributed by atoms with Crippen LogP contribution in [-0.2, 0) is 16.7 Å². The highest BCUT2D eigenvalue weighted by molar-refractivity contribution is 9.08. The Labute approximate surface area is 126 Å². The van der Waals surface area contributed by atoms with Crippen molar-refractivity contribution in [3.05, 3.63) is 53.1 Å². The lowest BCUT2D eigenvalue weighted by Crippen LogP contribution is -2.25. The summed E-state index contributed by atoms with van der Waals surface area (Å²) in [5.41, 5.74) is 6.42. The highest BCUT2D eigenvalue weighted by Gasteiger charge is 2.23. The van der Waals surface area contributed by atoms with Crippen molar-refractivity contribution in [1.82, 2.24) is 0 Å². The number of hydrogen-bond acceptors (Lipinski definition) is 2. The van der Waals surface area contributed by atoms with Gasteiger partial charge in [0.05, 0.1) is 13.2 Å². The van der Waals surface area contributed by atoms with E-state index >= 15 is 0 Å². The predicted molar refractivity (Wildman–Crippen MR) is 82.4 cm³/mol.